The van der Waals surface area contributed by atoms with Gasteiger partial charge in [-0.25, -0.2) is 5.10 Å². The third kappa shape index (κ3) is 1.14. The molecule has 0 aliphatic heterocycles. The highest BCUT2D eigenvalue weighted by molar-refractivity contribution is 5.77. The van der Waals surface area contributed by atoms with Crippen LogP contribution in [0.1, 0.15) is 25.5 Å². The van der Waals surface area contributed by atoms with Gasteiger partial charge in [-0.15, -0.1) is 0 Å². The van der Waals surface area contributed by atoms with E-state index < -0.39 is 0 Å². The van der Waals surface area contributed by atoms with Gasteiger partial charge in [0, 0.05) is 5.92 Å². The Morgan fingerprint density at radius 1 is 1.54 bits per heavy atom. The molecule has 2 rings (SSSR count). The predicted molar refractivity (Wildman–Crippen MR) is 48.7 cm³/mol. The van der Waals surface area contributed by atoms with E-state index in [0.717, 1.165) is 5.69 Å². The molecule has 0 bridgehead atoms. The van der Waals surface area contributed by atoms with Crippen LogP contribution in [0.25, 0.3) is 11.0 Å². The highest BCUT2D eigenvalue weighted by atomic mass is 16.3. The van der Waals surface area contributed by atoms with Crippen LogP contribution >= 0.6 is 0 Å². The summed E-state index contributed by atoms with van der Waals surface area (Å²) in [6.07, 6.45) is 1.51. The van der Waals surface area contributed by atoms with Crippen molar-refractivity contribution in [2.75, 3.05) is 0 Å². The summed E-state index contributed by atoms with van der Waals surface area (Å²) in [7, 11) is 0. The number of aromatic nitrogens is 2. The number of nitrogens with one attached hydrogen (secondary N) is 1. The van der Waals surface area contributed by atoms with Gasteiger partial charge in [-0.1, -0.05) is 13.8 Å². The van der Waals surface area contributed by atoms with E-state index in [1.165, 1.54) is 6.26 Å². The third-order valence-electron chi connectivity index (χ3n) is 1.97. The first-order valence-corrected chi connectivity index (χ1v) is 4.16. The minimum Gasteiger partial charge on any atom is -0.462 e. The molecule has 0 unspecified atom stereocenters. The van der Waals surface area contributed by atoms with Gasteiger partial charge in [0.1, 0.15) is 5.69 Å². The summed E-state index contributed by atoms with van der Waals surface area (Å²) in [6, 6.07) is 1.65. The van der Waals surface area contributed by atoms with E-state index in [0.29, 0.717) is 11.0 Å². The molecule has 0 atom stereocenters. The van der Waals surface area contributed by atoms with Gasteiger partial charge in [0.05, 0.1) is 11.6 Å². The summed E-state index contributed by atoms with van der Waals surface area (Å²) in [6.45, 7) is 4.01. The smallest absolute Gasteiger partial charge is 0.275 e. The molecule has 0 radical (unpaired) electrons. The molecule has 0 aliphatic rings. The van der Waals surface area contributed by atoms with Crippen molar-refractivity contribution in [1.29, 1.82) is 0 Å². The number of hydrogen-bond acceptors (Lipinski definition) is 3. The second-order valence-corrected chi connectivity index (χ2v) is 3.26. The molecule has 0 amide bonds. The van der Waals surface area contributed by atoms with Crippen LogP contribution < -0.4 is 5.56 Å². The van der Waals surface area contributed by atoms with Gasteiger partial charge in [0.2, 0.25) is 0 Å². The Morgan fingerprint density at radius 2 is 2.31 bits per heavy atom. The van der Waals surface area contributed by atoms with Crippen molar-refractivity contribution in [2.24, 2.45) is 0 Å². The largest absolute Gasteiger partial charge is 0.462 e. The number of H-pyrrole nitrogens is 1. The Bertz CT molecular complexity index is 482. The third-order valence-corrected chi connectivity index (χ3v) is 1.97. The first-order valence-electron chi connectivity index (χ1n) is 4.16. The van der Waals surface area contributed by atoms with E-state index >= 15 is 0 Å². The molecule has 0 aromatic carbocycles. The molecule has 13 heavy (non-hydrogen) atoms. The summed E-state index contributed by atoms with van der Waals surface area (Å²) in [5, 5.41) is 6.96. The molecule has 0 saturated heterocycles. The lowest BCUT2D eigenvalue weighted by atomic mass is 10.1. The molecule has 2 aromatic heterocycles. The SMILES string of the molecule is CC(C)c1n[nH]c(=O)c2ccoc12. The highest BCUT2D eigenvalue weighted by Crippen LogP contribution is 2.20. The zero-order valence-corrected chi connectivity index (χ0v) is 7.50. The lowest BCUT2D eigenvalue weighted by Gasteiger charge is -2.02. The van der Waals surface area contributed by atoms with Crippen LogP contribution in [0.5, 0.6) is 0 Å². The van der Waals surface area contributed by atoms with Crippen LogP contribution in [0, 0.1) is 0 Å². The number of rotatable bonds is 1. The van der Waals surface area contributed by atoms with Gasteiger partial charge < -0.3 is 4.42 Å². The van der Waals surface area contributed by atoms with Gasteiger partial charge in [-0.05, 0) is 6.07 Å². The monoisotopic (exact) mass is 178 g/mol. The van der Waals surface area contributed by atoms with Gasteiger partial charge in [0.15, 0.2) is 5.58 Å². The van der Waals surface area contributed by atoms with Gasteiger partial charge in [0.25, 0.3) is 5.56 Å². The molecule has 0 spiro atoms. The molecule has 2 aromatic rings. The maximum absolute atomic E-state index is 11.2. The first kappa shape index (κ1) is 8.04. The number of aromatic amines is 1. The summed E-state index contributed by atoms with van der Waals surface area (Å²) < 4.78 is 5.21. The van der Waals surface area contributed by atoms with Crippen molar-refractivity contribution in [1.82, 2.24) is 10.2 Å². The lowest BCUT2D eigenvalue weighted by molar-refractivity contribution is 0.599. The summed E-state index contributed by atoms with van der Waals surface area (Å²) >= 11 is 0. The van der Waals surface area contributed by atoms with Crippen molar-refractivity contribution in [3.05, 3.63) is 28.4 Å². The molecule has 0 fully saturated rings. The molecule has 2 heterocycles. The van der Waals surface area contributed by atoms with E-state index in [2.05, 4.69) is 10.2 Å². The maximum Gasteiger partial charge on any atom is 0.275 e. The quantitative estimate of drug-likeness (QED) is 0.722. The second-order valence-electron chi connectivity index (χ2n) is 3.26. The molecule has 1 N–H and O–H groups in total. The second kappa shape index (κ2) is 2.73. The number of hydrogen-bond donors (Lipinski definition) is 1. The average Bonchev–Trinajstić information content (AvgIpc) is 2.53. The van der Waals surface area contributed by atoms with Crippen LogP contribution in [0.2, 0.25) is 0 Å². The molecular formula is C9H10N2O2. The highest BCUT2D eigenvalue weighted by Gasteiger charge is 2.11. The van der Waals surface area contributed by atoms with E-state index in [9.17, 15) is 4.79 Å². The summed E-state index contributed by atoms with van der Waals surface area (Å²) in [5.41, 5.74) is 1.19. The van der Waals surface area contributed by atoms with Gasteiger partial charge in [-0.2, -0.15) is 5.10 Å². The predicted octanol–water partition coefficient (Wildman–Crippen LogP) is 1.64. The zero-order valence-electron chi connectivity index (χ0n) is 7.50. The van der Waals surface area contributed by atoms with Crippen molar-refractivity contribution in [3.8, 4) is 0 Å². The molecule has 0 aliphatic carbocycles. The van der Waals surface area contributed by atoms with Gasteiger partial charge >= 0.3 is 0 Å². The standard InChI is InChI=1S/C9H10N2O2/c1-5(2)7-8-6(3-4-13-8)9(12)11-10-7/h3-5H,1-2H3,(H,11,12). The van der Waals surface area contributed by atoms with E-state index in [4.69, 9.17) is 4.42 Å². The van der Waals surface area contributed by atoms with E-state index in [1.807, 2.05) is 13.8 Å². The zero-order chi connectivity index (χ0) is 9.42. The van der Waals surface area contributed by atoms with Crippen LogP contribution in [0.4, 0.5) is 0 Å². The van der Waals surface area contributed by atoms with Crippen molar-refractivity contribution < 1.29 is 4.42 Å². The van der Waals surface area contributed by atoms with Crippen LogP contribution in [-0.4, -0.2) is 10.2 Å². The number of nitrogens with zero attached hydrogens (tertiary/aromatic N) is 1. The van der Waals surface area contributed by atoms with E-state index in [1.54, 1.807) is 6.07 Å². The average molecular weight is 178 g/mol. The fourth-order valence-corrected chi connectivity index (χ4v) is 1.30. The Morgan fingerprint density at radius 3 is 3.00 bits per heavy atom. The fourth-order valence-electron chi connectivity index (χ4n) is 1.30. The maximum atomic E-state index is 11.2. The van der Waals surface area contributed by atoms with Crippen molar-refractivity contribution >= 4 is 11.0 Å². The minimum absolute atomic E-state index is 0.201. The molecule has 68 valence electrons. The Hall–Kier alpha value is -1.58. The minimum atomic E-state index is -0.201. The lowest BCUT2D eigenvalue weighted by Crippen LogP contribution is -2.10. The van der Waals surface area contributed by atoms with Crippen LogP contribution in [0.15, 0.2) is 21.5 Å². The topological polar surface area (TPSA) is 58.9 Å². The fraction of sp³-hybridized carbons (Fsp3) is 0.333. The Labute approximate surface area is 74.6 Å². The molecule has 4 nitrogen and oxygen atoms in total. The molecular weight excluding hydrogens is 168 g/mol. The molecule has 0 saturated carbocycles. The normalized spacial score (nSPS) is 11.3. The van der Waals surface area contributed by atoms with Crippen molar-refractivity contribution in [2.45, 2.75) is 19.8 Å². The Kier molecular flexibility index (Phi) is 1.69. The van der Waals surface area contributed by atoms with Crippen LogP contribution in [-0.2, 0) is 0 Å². The number of furan rings is 1. The van der Waals surface area contributed by atoms with Crippen molar-refractivity contribution in [3.63, 3.8) is 0 Å². The number of fused-ring (bicyclic) bond motifs is 1. The van der Waals surface area contributed by atoms with Crippen LogP contribution in [0.3, 0.4) is 0 Å². The molecule has 4 heteroatoms. The van der Waals surface area contributed by atoms with Gasteiger partial charge in [-0.3, -0.25) is 4.79 Å². The summed E-state index contributed by atoms with van der Waals surface area (Å²) in [4.78, 5) is 11.2. The summed E-state index contributed by atoms with van der Waals surface area (Å²) in [5.74, 6) is 0.241. The first-order chi connectivity index (χ1) is 6.20. The van der Waals surface area contributed by atoms with E-state index in [-0.39, 0.29) is 11.5 Å². The Balaban J connectivity index is 2.86.